The maximum atomic E-state index is 12.7. The zero-order valence-corrected chi connectivity index (χ0v) is 18.9. The highest BCUT2D eigenvalue weighted by Crippen LogP contribution is 2.32. The monoisotopic (exact) mass is 454 g/mol. The molecule has 0 radical (unpaired) electrons. The molecular weight excluding hydrogens is 428 g/mol. The molecule has 0 heterocycles. The number of carbonyl (C=O) groups excluding carboxylic acids is 2. The Morgan fingerprint density at radius 1 is 1.09 bits per heavy atom. The molecule has 0 aromatic heterocycles. The SMILES string of the molecule is COc1ccc(Oc2ccc(CNC(=O)C(CC3=CCCC=C3)NC(C)=O)cc2)c(Cl)c1. The molecule has 2 aromatic rings. The van der Waals surface area contributed by atoms with E-state index in [0.29, 0.717) is 35.2 Å². The second kappa shape index (κ2) is 11.4. The highest BCUT2D eigenvalue weighted by atomic mass is 35.5. The Morgan fingerprint density at radius 3 is 2.47 bits per heavy atom. The fraction of sp³-hybridized carbons (Fsp3) is 0.280. The van der Waals surface area contributed by atoms with Crippen LogP contribution in [-0.2, 0) is 16.1 Å². The van der Waals surface area contributed by atoms with Gasteiger partial charge in [0.05, 0.1) is 12.1 Å². The Morgan fingerprint density at radius 2 is 1.84 bits per heavy atom. The molecule has 0 bridgehead atoms. The molecule has 1 aliphatic rings. The normalized spacial score (nSPS) is 13.7. The minimum Gasteiger partial charge on any atom is -0.497 e. The molecule has 0 saturated heterocycles. The minimum atomic E-state index is -0.610. The molecule has 0 spiro atoms. The summed E-state index contributed by atoms with van der Waals surface area (Å²) in [6.07, 6.45) is 8.63. The quantitative estimate of drug-likeness (QED) is 0.563. The van der Waals surface area contributed by atoms with Gasteiger partial charge in [0.15, 0.2) is 0 Å². The van der Waals surface area contributed by atoms with E-state index < -0.39 is 6.04 Å². The Balaban J connectivity index is 1.57. The van der Waals surface area contributed by atoms with E-state index >= 15 is 0 Å². The number of hydrogen-bond donors (Lipinski definition) is 2. The van der Waals surface area contributed by atoms with Crippen molar-refractivity contribution in [1.29, 1.82) is 0 Å². The van der Waals surface area contributed by atoms with Crippen LogP contribution in [-0.4, -0.2) is 25.0 Å². The number of benzene rings is 2. The summed E-state index contributed by atoms with van der Waals surface area (Å²) in [6, 6.07) is 12.0. The van der Waals surface area contributed by atoms with Crippen molar-refractivity contribution in [2.75, 3.05) is 7.11 Å². The van der Waals surface area contributed by atoms with Crippen LogP contribution < -0.4 is 20.1 Å². The third-order valence-corrected chi connectivity index (χ3v) is 5.26. The van der Waals surface area contributed by atoms with Crippen molar-refractivity contribution in [1.82, 2.24) is 10.6 Å². The summed E-state index contributed by atoms with van der Waals surface area (Å²) < 4.78 is 11.0. The van der Waals surface area contributed by atoms with E-state index in [1.165, 1.54) is 6.92 Å². The van der Waals surface area contributed by atoms with E-state index in [4.69, 9.17) is 21.1 Å². The van der Waals surface area contributed by atoms with E-state index in [1.807, 2.05) is 30.3 Å². The largest absolute Gasteiger partial charge is 0.497 e. The lowest BCUT2D eigenvalue weighted by atomic mass is 9.99. The van der Waals surface area contributed by atoms with Gasteiger partial charge in [-0.15, -0.1) is 0 Å². The first-order valence-electron chi connectivity index (χ1n) is 10.5. The van der Waals surface area contributed by atoms with Crippen molar-refractivity contribution in [3.05, 3.63) is 76.9 Å². The van der Waals surface area contributed by atoms with E-state index in [0.717, 1.165) is 24.0 Å². The summed E-state index contributed by atoms with van der Waals surface area (Å²) in [5, 5.41) is 6.10. The van der Waals surface area contributed by atoms with Crippen LogP contribution in [0.5, 0.6) is 17.2 Å². The van der Waals surface area contributed by atoms with Crippen molar-refractivity contribution in [3.63, 3.8) is 0 Å². The highest BCUT2D eigenvalue weighted by molar-refractivity contribution is 6.32. The Hall–Kier alpha value is -3.25. The van der Waals surface area contributed by atoms with E-state index in [9.17, 15) is 9.59 Å². The number of rotatable bonds is 9. The third-order valence-electron chi connectivity index (χ3n) is 4.96. The highest BCUT2D eigenvalue weighted by Gasteiger charge is 2.20. The van der Waals surface area contributed by atoms with Crippen LogP contribution in [0.4, 0.5) is 0 Å². The summed E-state index contributed by atoms with van der Waals surface area (Å²) in [4.78, 5) is 24.3. The van der Waals surface area contributed by atoms with Gasteiger partial charge < -0.3 is 20.1 Å². The molecule has 7 heteroatoms. The number of methoxy groups -OCH3 is 1. The van der Waals surface area contributed by atoms with E-state index in [-0.39, 0.29) is 11.8 Å². The van der Waals surface area contributed by atoms with Gasteiger partial charge in [0, 0.05) is 26.0 Å². The van der Waals surface area contributed by atoms with E-state index in [2.05, 4.69) is 22.8 Å². The number of amides is 2. The Labute approximate surface area is 193 Å². The van der Waals surface area contributed by atoms with Gasteiger partial charge in [-0.25, -0.2) is 0 Å². The number of halogens is 1. The summed E-state index contributed by atoms with van der Waals surface area (Å²) >= 11 is 6.22. The number of carbonyl (C=O) groups is 2. The lowest BCUT2D eigenvalue weighted by molar-refractivity contribution is -0.128. The van der Waals surface area contributed by atoms with Crippen LogP contribution in [0.2, 0.25) is 5.02 Å². The molecule has 1 atom stereocenters. The lowest BCUT2D eigenvalue weighted by Gasteiger charge is -2.19. The Kier molecular flexibility index (Phi) is 8.34. The van der Waals surface area contributed by atoms with Gasteiger partial charge in [0.1, 0.15) is 23.3 Å². The fourth-order valence-electron chi connectivity index (χ4n) is 3.32. The molecule has 1 unspecified atom stereocenters. The summed E-state index contributed by atoms with van der Waals surface area (Å²) in [6.45, 7) is 1.76. The smallest absolute Gasteiger partial charge is 0.243 e. The van der Waals surface area contributed by atoms with Crippen molar-refractivity contribution in [2.24, 2.45) is 0 Å². The third kappa shape index (κ3) is 6.89. The molecule has 32 heavy (non-hydrogen) atoms. The van der Waals surface area contributed by atoms with Crippen molar-refractivity contribution < 1.29 is 19.1 Å². The fourth-order valence-corrected chi connectivity index (χ4v) is 3.52. The van der Waals surface area contributed by atoms with Gasteiger partial charge in [0.2, 0.25) is 11.8 Å². The van der Waals surface area contributed by atoms with Gasteiger partial charge in [0.25, 0.3) is 0 Å². The minimum absolute atomic E-state index is 0.217. The van der Waals surface area contributed by atoms with Crippen molar-refractivity contribution in [2.45, 2.75) is 38.8 Å². The van der Waals surface area contributed by atoms with Crippen LogP contribution in [0.15, 0.2) is 66.3 Å². The number of hydrogen-bond acceptors (Lipinski definition) is 4. The van der Waals surface area contributed by atoms with Crippen molar-refractivity contribution >= 4 is 23.4 Å². The molecule has 2 aromatic carbocycles. The molecule has 0 saturated carbocycles. The van der Waals surface area contributed by atoms with E-state index in [1.54, 1.807) is 25.3 Å². The predicted molar refractivity (Wildman–Crippen MR) is 125 cm³/mol. The molecule has 2 amide bonds. The van der Waals surface area contributed by atoms with Crippen molar-refractivity contribution in [3.8, 4) is 17.2 Å². The maximum Gasteiger partial charge on any atom is 0.243 e. The summed E-state index contributed by atoms with van der Waals surface area (Å²) in [5.41, 5.74) is 1.97. The molecule has 0 aliphatic heterocycles. The first kappa shape index (κ1) is 23.4. The summed E-state index contributed by atoms with van der Waals surface area (Å²) in [7, 11) is 1.58. The van der Waals surface area contributed by atoms with Gasteiger partial charge in [-0.2, -0.15) is 0 Å². The molecule has 2 N–H and O–H groups in total. The molecule has 6 nitrogen and oxygen atoms in total. The lowest BCUT2D eigenvalue weighted by Crippen LogP contribution is -2.46. The number of allylic oxidation sites excluding steroid dienone is 3. The van der Waals surface area contributed by atoms with Crippen LogP contribution in [0.1, 0.15) is 31.7 Å². The number of ether oxygens (including phenoxy) is 2. The predicted octanol–water partition coefficient (Wildman–Crippen LogP) is 4.93. The topological polar surface area (TPSA) is 76.7 Å². The van der Waals surface area contributed by atoms with Gasteiger partial charge in [-0.1, -0.05) is 42.0 Å². The average molecular weight is 455 g/mol. The Bertz CT molecular complexity index is 1020. The first-order chi connectivity index (χ1) is 15.4. The molecule has 1 aliphatic carbocycles. The molecule has 3 rings (SSSR count). The van der Waals surface area contributed by atoms with Crippen LogP contribution >= 0.6 is 11.6 Å². The zero-order chi connectivity index (χ0) is 22.9. The second-order valence-electron chi connectivity index (χ2n) is 7.48. The average Bonchev–Trinajstić information content (AvgIpc) is 2.79. The molecule has 168 valence electrons. The van der Waals surface area contributed by atoms with Crippen LogP contribution in [0, 0.1) is 0 Å². The van der Waals surface area contributed by atoms with Gasteiger partial charge in [-0.3, -0.25) is 9.59 Å². The van der Waals surface area contributed by atoms with Crippen LogP contribution in [0.25, 0.3) is 0 Å². The maximum absolute atomic E-state index is 12.7. The van der Waals surface area contributed by atoms with Gasteiger partial charge in [-0.05, 0) is 48.2 Å². The van der Waals surface area contributed by atoms with Crippen LogP contribution in [0.3, 0.4) is 0 Å². The standard InChI is InChI=1S/C25H27ClN2O4/c1-17(29)28-23(14-18-6-4-3-5-7-18)25(30)27-16-19-8-10-20(11-9-19)32-24-13-12-21(31-2)15-22(24)26/h4,6-13,15,23H,3,5,14,16H2,1-2H3,(H,27,30)(H,28,29). The second-order valence-corrected chi connectivity index (χ2v) is 7.88. The van der Waals surface area contributed by atoms with Gasteiger partial charge >= 0.3 is 0 Å². The molecular formula is C25H27ClN2O4. The number of nitrogens with one attached hydrogen (secondary N) is 2. The first-order valence-corrected chi connectivity index (χ1v) is 10.8. The summed E-state index contributed by atoms with van der Waals surface area (Å²) in [5.74, 6) is 1.36. The molecule has 0 fully saturated rings. The zero-order valence-electron chi connectivity index (χ0n) is 18.2.